The fourth-order valence-corrected chi connectivity index (χ4v) is 9.14. The van der Waals surface area contributed by atoms with E-state index in [1.807, 2.05) is 0 Å². The molecule has 0 heterocycles. The molecule has 0 bridgehead atoms. The summed E-state index contributed by atoms with van der Waals surface area (Å²) in [6.45, 7) is 8.21. The maximum atomic E-state index is 11.6. The normalized spacial score (nSPS) is 46.2. The van der Waals surface area contributed by atoms with Crippen molar-refractivity contribution in [2.45, 2.75) is 97.2 Å². The van der Waals surface area contributed by atoms with E-state index in [0.29, 0.717) is 54.9 Å². The maximum absolute atomic E-state index is 11.6. The largest absolute Gasteiger partial charge is 0.481 e. The fraction of sp³-hybridized carbons (Fsp3) is 0.885. The molecule has 0 amide bonds. The Kier molecular flexibility index (Phi) is 6.61. The molecule has 180 valence electrons. The molecule has 6 heteroatoms. The summed E-state index contributed by atoms with van der Waals surface area (Å²) in [6, 6.07) is 0. The highest BCUT2D eigenvalue weighted by molar-refractivity contribution is 5.66. The molecule has 0 radical (unpaired) electrons. The van der Waals surface area contributed by atoms with E-state index in [2.05, 4.69) is 20.8 Å². The Morgan fingerprint density at radius 2 is 1.78 bits per heavy atom. The van der Waals surface area contributed by atoms with Gasteiger partial charge in [-0.2, -0.15) is 0 Å². The van der Waals surface area contributed by atoms with Crippen LogP contribution in [0.2, 0.25) is 0 Å². The van der Waals surface area contributed by atoms with Crippen LogP contribution in [-0.2, 0) is 23.9 Å². The van der Waals surface area contributed by atoms with Crippen LogP contribution in [-0.4, -0.2) is 36.2 Å². The van der Waals surface area contributed by atoms with Gasteiger partial charge in [-0.25, -0.2) is 0 Å². The van der Waals surface area contributed by atoms with Crippen molar-refractivity contribution >= 4 is 18.9 Å². The quantitative estimate of drug-likeness (QED) is 0.535. The molecule has 10 atom stereocenters. The second kappa shape index (κ2) is 8.98. The van der Waals surface area contributed by atoms with Crippen molar-refractivity contribution in [3.8, 4) is 0 Å². The molecular formula is C26H40O6. The average Bonchev–Trinajstić information content (AvgIpc) is 3.11. The lowest BCUT2D eigenvalue weighted by molar-refractivity contribution is -0.190. The van der Waals surface area contributed by atoms with E-state index < -0.39 is 5.97 Å². The van der Waals surface area contributed by atoms with Gasteiger partial charge in [-0.1, -0.05) is 20.8 Å². The molecule has 0 saturated heterocycles. The second-order valence-electron chi connectivity index (χ2n) is 11.7. The van der Waals surface area contributed by atoms with E-state index >= 15 is 0 Å². The fourth-order valence-electron chi connectivity index (χ4n) is 9.14. The highest BCUT2D eigenvalue weighted by Crippen LogP contribution is 2.68. The molecule has 4 fully saturated rings. The first-order valence-corrected chi connectivity index (χ1v) is 12.7. The lowest BCUT2D eigenvalue weighted by Crippen LogP contribution is -2.59. The molecule has 0 aliphatic heterocycles. The smallest absolute Gasteiger partial charge is 0.303 e. The molecule has 4 rings (SSSR count). The zero-order valence-corrected chi connectivity index (χ0v) is 19.8. The van der Waals surface area contributed by atoms with Crippen LogP contribution >= 0.6 is 0 Å². The van der Waals surface area contributed by atoms with Gasteiger partial charge in [0.1, 0.15) is 12.2 Å². The number of carboxylic acid groups (broad SMARTS) is 1. The summed E-state index contributed by atoms with van der Waals surface area (Å²) >= 11 is 0. The van der Waals surface area contributed by atoms with Gasteiger partial charge in [-0.15, -0.1) is 0 Å². The highest BCUT2D eigenvalue weighted by atomic mass is 16.5. The summed E-state index contributed by atoms with van der Waals surface area (Å²) < 4.78 is 11.2. The molecule has 0 aromatic rings. The Labute approximate surface area is 191 Å². The first-order chi connectivity index (χ1) is 15.3. The number of carboxylic acids is 1. The topological polar surface area (TPSA) is 89.9 Å². The Bertz CT molecular complexity index is 723. The SMILES string of the molecule is C[C@H](CCC(=O)O)[C@H]1CC[C@H]2[C@@H]3CC[C@@H]4C[C@H](OC=O)CC[C@]4(C)[C@H]3C[C@H](OC=O)[C@]12C. The van der Waals surface area contributed by atoms with Crippen molar-refractivity contribution in [2.24, 2.45) is 46.3 Å². The van der Waals surface area contributed by atoms with Gasteiger partial charge in [0.05, 0.1) is 0 Å². The Morgan fingerprint density at radius 1 is 1.03 bits per heavy atom. The standard InChI is InChI=1S/C26H40O6/c1-16(4-9-24(29)30)20-7-8-21-19-6-5-17-12-18(31-14-27)10-11-25(17,2)22(19)13-23(32-15-28)26(20,21)3/h14-23H,4-13H2,1-3H3,(H,29,30)/t16-,17-,18-,19+,20-,21+,22+,23+,25+,26-/m1/s1. The summed E-state index contributed by atoms with van der Waals surface area (Å²) in [7, 11) is 0. The van der Waals surface area contributed by atoms with E-state index in [0.717, 1.165) is 38.5 Å². The van der Waals surface area contributed by atoms with Crippen LogP contribution in [0.4, 0.5) is 0 Å². The predicted octanol–water partition coefficient (Wildman–Crippen LogP) is 4.84. The zero-order valence-electron chi connectivity index (χ0n) is 19.8. The monoisotopic (exact) mass is 448 g/mol. The minimum Gasteiger partial charge on any atom is -0.481 e. The third-order valence-electron chi connectivity index (χ3n) is 10.7. The van der Waals surface area contributed by atoms with E-state index in [4.69, 9.17) is 9.47 Å². The van der Waals surface area contributed by atoms with Crippen LogP contribution in [0.25, 0.3) is 0 Å². The molecular weight excluding hydrogens is 408 g/mol. The van der Waals surface area contributed by atoms with Crippen molar-refractivity contribution in [3.05, 3.63) is 0 Å². The maximum Gasteiger partial charge on any atom is 0.303 e. The van der Waals surface area contributed by atoms with Crippen LogP contribution in [0.5, 0.6) is 0 Å². The van der Waals surface area contributed by atoms with Gasteiger partial charge in [0.15, 0.2) is 0 Å². The minimum absolute atomic E-state index is 0.0453. The molecule has 1 N–H and O–H groups in total. The van der Waals surface area contributed by atoms with E-state index in [9.17, 15) is 19.5 Å². The highest BCUT2D eigenvalue weighted by Gasteiger charge is 2.64. The number of rotatable bonds is 8. The molecule has 4 aliphatic rings. The summed E-state index contributed by atoms with van der Waals surface area (Å²) in [5.41, 5.74) is 0.117. The summed E-state index contributed by atoms with van der Waals surface area (Å²) in [4.78, 5) is 33.6. The minimum atomic E-state index is -0.735. The molecule has 0 unspecified atom stereocenters. The van der Waals surface area contributed by atoms with Crippen molar-refractivity contribution in [3.63, 3.8) is 0 Å². The van der Waals surface area contributed by atoms with Crippen molar-refractivity contribution in [1.29, 1.82) is 0 Å². The zero-order chi connectivity index (χ0) is 23.1. The van der Waals surface area contributed by atoms with Crippen molar-refractivity contribution in [2.75, 3.05) is 0 Å². The molecule has 0 aromatic heterocycles. The van der Waals surface area contributed by atoms with E-state index in [1.54, 1.807) is 0 Å². The van der Waals surface area contributed by atoms with Gasteiger partial charge in [0.25, 0.3) is 12.9 Å². The molecule has 4 aliphatic carbocycles. The van der Waals surface area contributed by atoms with Crippen molar-refractivity contribution < 1.29 is 29.0 Å². The first kappa shape index (κ1) is 23.6. The summed E-state index contributed by atoms with van der Waals surface area (Å²) in [6.07, 6.45) is 9.29. The molecule has 32 heavy (non-hydrogen) atoms. The van der Waals surface area contributed by atoms with Crippen molar-refractivity contribution in [1.82, 2.24) is 0 Å². The van der Waals surface area contributed by atoms with Crippen LogP contribution in [0.1, 0.15) is 85.0 Å². The van der Waals surface area contributed by atoms with Crippen LogP contribution in [0.15, 0.2) is 0 Å². The second-order valence-corrected chi connectivity index (χ2v) is 11.7. The Hall–Kier alpha value is -1.59. The number of carbonyl (C=O) groups is 3. The van der Waals surface area contributed by atoms with E-state index in [-0.39, 0.29) is 29.5 Å². The van der Waals surface area contributed by atoms with Gasteiger partial charge in [-0.05, 0) is 98.7 Å². The third kappa shape index (κ3) is 3.75. The summed E-state index contributed by atoms with van der Waals surface area (Å²) in [5.74, 6) is 2.18. The lowest BCUT2D eigenvalue weighted by atomic mass is 9.43. The van der Waals surface area contributed by atoms with Gasteiger partial charge in [0, 0.05) is 11.8 Å². The van der Waals surface area contributed by atoms with Crippen LogP contribution in [0.3, 0.4) is 0 Å². The molecule has 6 nitrogen and oxygen atoms in total. The number of ether oxygens (including phenoxy) is 2. The predicted molar refractivity (Wildman–Crippen MR) is 119 cm³/mol. The Balaban J connectivity index is 1.59. The van der Waals surface area contributed by atoms with Gasteiger partial charge in [-0.3, -0.25) is 14.4 Å². The molecule has 0 spiro atoms. The molecule has 0 aromatic carbocycles. The number of fused-ring (bicyclic) bond motifs is 5. The van der Waals surface area contributed by atoms with Gasteiger partial charge in [0.2, 0.25) is 0 Å². The van der Waals surface area contributed by atoms with Crippen LogP contribution < -0.4 is 0 Å². The van der Waals surface area contributed by atoms with E-state index in [1.165, 1.54) is 12.8 Å². The first-order valence-electron chi connectivity index (χ1n) is 12.7. The van der Waals surface area contributed by atoms with Gasteiger partial charge >= 0.3 is 5.97 Å². The van der Waals surface area contributed by atoms with Crippen LogP contribution in [0, 0.1) is 46.3 Å². The lowest BCUT2D eigenvalue weighted by Gasteiger charge is -2.62. The number of carbonyl (C=O) groups excluding carboxylic acids is 2. The summed E-state index contributed by atoms with van der Waals surface area (Å²) in [5, 5.41) is 9.18. The van der Waals surface area contributed by atoms with Gasteiger partial charge < -0.3 is 14.6 Å². The number of hydrogen-bond acceptors (Lipinski definition) is 5. The molecule has 4 saturated carbocycles. The average molecular weight is 449 g/mol. The number of aliphatic carboxylic acids is 1. The Morgan fingerprint density at radius 3 is 2.47 bits per heavy atom. The third-order valence-corrected chi connectivity index (χ3v) is 10.7. The number of hydrogen-bond donors (Lipinski definition) is 1.